The van der Waals surface area contributed by atoms with Crippen LogP contribution in [0.2, 0.25) is 0 Å². The predicted molar refractivity (Wildman–Crippen MR) is 66.7 cm³/mol. The number of aromatic nitrogens is 1. The summed E-state index contributed by atoms with van der Waals surface area (Å²) < 4.78 is 0. The van der Waals surface area contributed by atoms with Gasteiger partial charge < -0.3 is 10.4 Å². The third kappa shape index (κ3) is 2.60. The van der Waals surface area contributed by atoms with Crippen molar-refractivity contribution in [3.8, 4) is 0 Å². The van der Waals surface area contributed by atoms with Gasteiger partial charge in [0.15, 0.2) is 0 Å². The van der Waals surface area contributed by atoms with Gasteiger partial charge in [-0.3, -0.25) is 9.78 Å². The average Bonchev–Trinajstić information content (AvgIpc) is 2.27. The number of benzene rings is 1. The molecule has 2 rings (SSSR count). The maximum absolute atomic E-state index is 11.6. The van der Waals surface area contributed by atoms with Crippen molar-refractivity contribution in [2.45, 2.75) is 19.4 Å². The minimum absolute atomic E-state index is 0.449. The Morgan fingerprint density at radius 3 is 2.76 bits per heavy atom. The zero-order valence-corrected chi connectivity index (χ0v) is 9.77. The van der Waals surface area contributed by atoms with Gasteiger partial charge in [-0.05, 0) is 26.0 Å². The van der Waals surface area contributed by atoms with Gasteiger partial charge in [-0.2, -0.15) is 0 Å². The van der Waals surface area contributed by atoms with Crippen LogP contribution in [0.25, 0.3) is 10.9 Å². The van der Waals surface area contributed by atoms with Crippen molar-refractivity contribution < 1.29 is 9.90 Å². The summed E-state index contributed by atoms with van der Waals surface area (Å²) in [7, 11) is 0. The number of hydrogen-bond donors (Lipinski definition) is 2. The molecule has 0 radical (unpaired) electrons. The van der Waals surface area contributed by atoms with Gasteiger partial charge in [-0.25, -0.2) is 0 Å². The van der Waals surface area contributed by atoms with Crippen molar-refractivity contribution in [2.24, 2.45) is 0 Å². The number of nitrogens with one attached hydrogen (secondary N) is 1. The summed E-state index contributed by atoms with van der Waals surface area (Å²) in [5, 5.41) is 13.1. The van der Waals surface area contributed by atoms with Gasteiger partial charge >= 0.3 is 0 Å². The Labute approximate surface area is 99.3 Å². The van der Waals surface area contributed by atoms with Crippen molar-refractivity contribution in [1.82, 2.24) is 4.98 Å². The zero-order valence-electron chi connectivity index (χ0n) is 9.77. The van der Waals surface area contributed by atoms with Gasteiger partial charge in [0, 0.05) is 5.39 Å². The van der Waals surface area contributed by atoms with E-state index in [0.717, 1.165) is 10.9 Å². The standard InChI is InChI=1S/C13H14N2O2/c1-13(2,17)12(16)15-10-7-9-5-3-4-6-11(9)14-8-10/h3-8,17H,1-2H3,(H,15,16). The van der Waals surface area contributed by atoms with E-state index >= 15 is 0 Å². The summed E-state index contributed by atoms with van der Waals surface area (Å²) >= 11 is 0. The maximum atomic E-state index is 11.6. The molecule has 2 aromatic rings. The highest BCUT2D eigenvalue weighted by Gasteiger charge is 2.23. The Hall–Kier alpha value is -1.94. The Kier molecular flexibility index (Phi) is 2.81. The van der Waals surface area contributed by atoms with E-state index in [4.69, 9.17) is 0 Å². The van der Waals surface area contributed by atoms with E-state index in [1.807, 2.05) is 30.3 Å². The number of aliphatic hydroxyl groups is 1. The van der Waals surface area contributed by atoms with Crippen molar-refractivity contribution in [3.05, 3.63) is 36.5 Å². The molecule has 0 atom stereocenters. The number of anilines is 1. The van der Waals surface area contributed by atoms with Crippen LogP contribution in [0.15, 0.2) is 36.5 Å². The van der Waals surface area contributed by atoms with E-state index in [1.165, 1.54) is 13.8 Å². The van der Waals surface area contributed by atoms with Gasteiger partial charge in [0.1, 0.15) is 5.60 Å². The Morgan fingerprint density at radius 2 is 2.06 bits per heavy atom. The number of carbonyl (C=O) groups is 1. The first-order valence-corrected chi connectivity index (χ1v) is 5.35. The molecule has 88 valence electrons. The van der Waals surface area contributed by atoms with Gasteiger partial charge in [0.2, 0.25) is 0 Å². The van der Waals surface area contributed by atoms with Crippen LogP contribution >= 0.6 is 0 Å². The number of nitrogens with zero attached hydrogens (tertiary/aromatic N) is 1. The molecule has 0 saturated carbocycles. The first kappa shape index (κ1) is 11.5. The molecule has 0 aliphatic carbocycles. The minimum atomic E-state index is -1.40. The molecule has 0 unspecified atom stereocenters. The predicted octanol–water partition coefficient (Wildman–Crippen LogP) is 1.94. The van der Waals surface area contributed by atoms with Crippen LogP contribution in [0.5, 0.6) is 0 Å². The topological polar surface area (TPSA) is 62.2 Å². The molecule has 4 heteroatoms. The molecular formula is C13H14N2O2. The van der Waals surface area contributed by atoms with Gasteiger partial charge in [-0.15, -0.1) is 0 Å². The summed E-state index contributed by atoms with van der Waals surface area (Å²) in [5.41, 5.74) is 0.0515. The number of rotatable bonds is 2. The fourth-order valence-electron chi connectivity index (χ4n) is 1.42. The number of carbonyl (C=O) groups excluding carboxylic acids is 1. The molecule has 0 spiro atoms. The summed E-state index contributed by atoms with van der Waals surface area (Å²) in [4.78, 5) is 15.8. The second kappa shape index (κ2) is 4.14. The maximum Gasteiger partial charge on any atom is 0.255 e. The molecule has 4 nitrogen and oxygen atoms in total. The molecule has 2 N–H and O–H groups in total. The third-order valence-corrected chi connectivity index (χ3v) is 2.40. The number of fused-ring (bicyclic) bond motifs is 1. The largest absolute Gasteiger partial charge is 0.381 e. The molecule has 0 aliphatic rings. The first-order valence-electron chi connectivity index (χ1n) is 5.35. The lowest BCUT2D eigenvalue weighted by Gasteiger charge is -2.16. The normalized spacial score (nSPS) is 11.5. The van der Waals surface area contributed by atoms with E-state index in [-0.39, 0.29) is 0 Å². The van der Waals surface area contributed by atoms with Crippen molar-refractivity contribution in [1.29, 1.82) is 0 Å². The lowest BCUT2D eigenvalue weighted by Crippen LogP contribution is -2.36. The average molecular weight is 230 g/mol. The summed E-state index contributed by atoms with van der Waals surface area (Å²) in [5.74, 6) is -0.449. The Bertz CT molecular complexity index is 559. The fraction of sp³-hybridized carbons (Fsp3) is 0.231. The van der Waals surface area contributed by atoms with Crippen LogP contribution in [0.4, 0.5) is 5.69 Å². The molecule has 0 aliphatic heterocycles. The molecule has 0 fully saturated rings. The fourth-order valence-corrected chi connectivity index (χ4v) is 1.42. The molecule has 1 aromatic carbocycles. The van der Waals surface area contributed by atoms with E-state index in [2.05, 4.69) is 10.3 Å². The molecular weight excluding hydrogens is 216 g/mol. The molecule has 1 heterocycles. The summed E-state index contributed by atoms with van der Waals surface area (Å²) in [6.45, 7) is 2.88. The highest BCUT2D eigenvalue weighted by molar-refractivity contribution is 5.97. The quantitative estimate of drug-likeness (QED) is 0.828. The monoisotopic (exact) mass is 230 g/mol. The lowest BCUT2D eigenvalue weighted by atomic mass is 10.1. The van der Waals surface area contributed by atoms with Crippen LogP contribution in [0.1, 0.15) is 13.8 Å². The van der Waals surface area contributed by atoms with Crippen LogP contribution in [0, 0.1) is 0 Å². The highest BCUT2D eigenvalue weighted by atomic mass is 16.3. The van der Waals surface area contributed by atoms with Crippen molar-refractivity contribution >= 4 is 22.5 Å². The van der Waals surface area contributed by atoms with Crippen molar-refractivity contribution in [3.63, 3.8) is 0 Å². The third-order valence-electron chi connectivity index (χ3n) is 2.40. The summed E-state index contributed by atoms with van der Waals surface area (Å²) in [6, 6.07) is 9.46. The van der Waals surface area contributed by atoms with Crippen LogP contribution in [0.3, 0.4) is 0 Å². The SMILES string of the molecule is CC(C)(O)C(=O)Nc1cnc2ccccc2c1. The smallest absolute Gasteiger partial charge is 0.255 e. The first-order chi connectivity index (χ1) is 7.97. The lowest BCUT2D eigenvalue weighted by molar-refractivity contribution is -0.130. The van der Waals surface area contributed by atoms with E-state index < -0.39 is 11.5 Å². The molecule has 17 heavy (non-hydrogen) atoms. The molecule has 1 aromatic heterocycles. The number of amides is 1. The Balaban J connectivity index is 2.29. The number of para-hydroxylation sites is 1. The van der Waals surface area contributed by atoms with E-state index in [0.29, 0.717) is 5.69 Å². The van der Waals surface area contributed by atoms with E-state index in [1.54, 1.807) is 6.20 Å². The Morgan fingerprint density at radius 1 is 1.35 bits per heavy atom. The van der Waals surface area contributed by atoms with Gasteiger partial charge in [0.25, 0.3) is 5.91 Å². The number of pyridine rings is 1. The van der Waals surface area contributed by atoms with Crippen molar-refractivity contribution in [2.75, 3.05) is 5.32 Å². The second-order valence-corrected chi connectivity index (χ2v) is 4.43. The van der Waals surface area contributed by atoms with E-state index in [9.17, 15) is 9.90 Å². The van der Waals surface area contributed by atoms with Gasteiger partial charge in [0.05, 0.1) is 17.4 Å². The van der Waals surface area contributed by atoms with Crippen LogP contribution < -0.4 is 5.32 Å². The highest BCUT2D eigenvalue weighted by Crippen LogP contribution is 2.17. The van der Waals surface area contributed by atoms with Gasteiger partial charge in [-0.1, -0.05) is 18.2 Å². The number of hydrogen-bond acceptors (Lipinski definition) is 3. The minimum Gasteiger partial charge on any atom is -0.381 e. The van der Waals surface area contributed by atoms with Crippen LogP contribution in [-0.4, -0.2) is 21.6 Å². The molecule has 0 saturated heterocycles. The second-order valence-electron chi connectivity index (χ2n) is 4.43. The zero-order chi connectivity index (χ0) is 12.5. The molecule has 0 bridgehead atoms. The molecule has 1 amide bonds. The summed E-state index contributed by atoms with van der Waals surface area (Å²) in [6.07, 6.45) is 1.58. The van der Waals surface area contributed by atoms with Crippen LogP contribution in [-0.2, 0) is 4.79 Å².